The van der Waals surface area contributed by atoms with Crippen LogP contribution >= 0.6 is 11.8 Å². The monoisotopic (exact) mass is 256 g/mol. The van der Waals surface area contributed by atoms with Gasteiger partial charge in [-0.25, -0.2) is 0 Å². The second-order valence-electron chi connectivity index (χ2n) is 5.74. The maximum atomic E-state index is 3.55. The molecule has 0 radical (unpaired) electrons. The highest BCUT2D eigenvalue weighted by atomic mass is 32.2. The van der Waals surface area contributed by atoms with Crippen LogP contribution in [0, 0.1) is 5.92 Å². The zero-order chi connectivity index (χ0) is 12.1. The molecular weight excluding hydrogens is 228 g/mol. The predicted octanol–water partition coefficient (Wildman–Crippen LogP) is 2.59. The minimum Gasteiger partial charge on any atom is -0.316 e. The average Bonchev–Trinajstić information content (AvgIpc) is 2.77. The molecule has 1 N–H and O–H groups in total. The largest absolute Gasteiger partial charge is 0.316 e. The normalized spacial score (nSPS) is 34.4. The first-order chi connectivity index (χ1) is 8.29. The third-order valence-corrected chi connectivity index (χ3v) is 5.43. The molecule has 0 aliphatic carbocycles. The second-order valence-corrected chi connectivity index (χ2v) is 7.21. The van der Waals surface area contributed by atoms with Gasteiger partial charge >= 0.3 is 0 Å². The Morgan fingerprint density at radius 2 is 2.29 bits per heavy atom. The summed E-state index contributed by atoms with van der Waals surface area (Å²) in [6.07, 6.45) is 5.52. The molecule has 0 spiro atoms. The Hall–Kier alpha value is 0.270. The van der Waals surface area contributed by atoms with Crippen LogP contribution in [0.3, 0.4) is 0 Å². The number of nitrogens with one attached hydrogen (secondary N) is 1. The van der Waals surface area contributed by atoms with Gasteiger partial charge in [0.2, 0.25) is 0 Å². The van der Waals surface area contributed by atoms with Gasteiger partial charge in [-0.1, -0.05) is 13.8 Å². The van der Waals surface area contributed by atoms with Crippen LogP contribution in [0.25, 0.3) is 0 Å². The molecule has 0 amide bonds. The molecule has 3 atom stereocenters. The van der Waals surface area contributed by atoms with E-state index in [2.05, 4.69) is 35.8 Å². The summed E-state index contributed by atoms with van der Waals surface area (Å²) in [5.41, 5.74) is 0. The first-order valence-electron chi connectivity index (χ1n) is 7.36. The summed E-state index contributed by atoms with van der Waals surface area (Å²) in [4.78, 5) is 2.79. The zero-order valence-electron chi connectivity index (χ0n) is 11.5. The van der Waals surface area contributed by atoms with Crippen molar-refractivity contribution in [3.05, 3.63) is 0 Å². The van der Waals surface area contributed by atoms with Gasteiger partial charge in [-0.2, -0.15) is 11.8 Å². The Labute approximate surface area is 111 Å². The highest BCUT2D eigenvalue weighted by Gasteiger charge is 2.28. The van der Waals surface area contributed by atoms with Gasteiger partial charge in [-0.05, 0) is 51.2 Å². The predicted molar refractivity (Wildman–Crippen MR) is 77.8 cm³/mol. The summed E-state index contributed by atoms with van der Waals surface area (Å²) in [6, 6.07) is 0.858. The van der Waals surface area contributed by atoms with E-state index in [4.69, 9.17) is 0 Å². The Balaban J connectivity index is 1.82. The number of piperidine rings is 1. The molecule has 17 heavy (non-hydrogen) atoms. The fourth-order valence-corrected chi connectivity index (χ4v) is 4.43. The lowest BCUT2D eigenvalue weighted by Crippen LogP contribution is -2.43. The Morgan fingerprint density at radius 1 is 1.41 bits per heavy atom. The van der Waals surface area contributed by atoms with Crippen molar-refractivity contribution >= 4 is 11.8 Å². The van der Waals surface area contributed by atoms with Gasteiger partial charge < -0.3 is 5.32 Å². The molecule has 3 heteroatoms. The van der Waals surface area contributed by atoms with E-state index in [1.807, 2.05) is 0 Å². The molecule has 2 saturated heterocycles. The van der Waals surface area contributed by atoms with E-state index in [0.717, 1.165) is 17.2 Å². The molecule has 0 bridgehead atoms. The van der Waals surface area contributed by atoms with E-state index in [-0.39, 0.29) is 0 Å². The van der Waals surface area contributed by atoms with Crippen molar-refractivity contribution in [3.8, 4) is 0 Å². The minimum absolute atomic E-state index is 0.858. The smallest absolute Gasteiger partial charge is 0.0197 e. The maximum absolute atomic E-state index is 3.55. The van der Waals surface area contributed by atoms with Crippen molar-refractivity contribution in [3.63, 3.8) is 0 Å². The first-order valence-corrected chi connectivity index (χ1v) is 8.40. The van der Waals surface area contributed by atoms with Crippen molar-refractivity contribution in [2.24, 2.45) is 5.92 Å². The summed E-state index contributed by atoms with van der Waals surface area (Å²) < 4.78 is 0. The lowest BCUT2D eigenvalue weighted by molar-refractivity contribution is 0.163. The molecule has 2 heterocycles. The van der Waals surface area contributed by atoms with Crippen molar-refractivity contribution < 1.29 is 0 Å². The molecule has 2 fully saturated rings. The van der Waals surface area contributed by atoms with E-state index in [1.54, 1.807) is 0 Å². The van der Waals surface area contributed by atoms with Gasteiger partial charge in [-0.15, -0.1) is 0 Å². The molecule has 2 rings (SSSR count). The van der Waals surface area contributed by atoms with E-state index >= 15 is 0 Å². The zero-order valence-corrected chi connectivity index (χ0v) is 12.3. The van der Waals surface area contributed by atoms with Gasteiger partial charge in [0.25, 0.3) is 0 Å². The van der Waals surface area contributed by atoms with E-state index < -0.39 is 0 Å². The molecule has 2 nitrogen and oxygen atoms in total. The summed E-state index contributed by atoms with van der Waals surface area (Å²) >= 11 is 2.16. The van der Waals surface area contributed by atoms with Gasteiger partial charge in [0.1, 0.15) is 0 Å². The van der Waals surface area contributed by atoms with Crippen molar-refractivity contribution in [2.75, 3.05) is 31.9 Å². The Bertz CT molecular complexity index is 216. The molecule has 2 aliphatic heterocycles. The lowest BCUT2D eigenvalue weighted by atomic mass is 9.98. The fourth-order valence-electron chi connectivity index (χ4n) is 3.17. The number of hydrogen-bond donors (Lipinski definition) is 1. The number of nitrogens with zero attached hydrogens (tertiary/aromatic N) is 1. The minimum atomic E-state index is 0.858. The summed E-state index contributed by atoms with van der Waals surface area (Å²) in [7, 11) is 0. The van der Waals surface area contributed by atoms with Crippen LogP contribution in [-0.4, -0.2) is 48.1 Å². The van der Waals surface area contributed by atoms with E-state index in [9.17, 15) is 0 Å². The van der Waals surface area contributed by atoms with Gasteiger partial charge in [0.05, 0.1) is 0 Å². The molecule has 0 aromatic heterocycles. The summed E-state index contributed by atoms with van der Waals surface area (Å²) in [6.45, 7) is 9.82. The second kappa shape index (κ2) is 7.01. The van der Waals surface area contributed by atoms with Crippen LogP contribution in [0.2, 0.25) is 0 Å². The van der Waals surface area contributed by atoms with Crippen LogP contribution in [-0.2, 0) is 0 Å². The Morgan fingerprint density at radius 3 is 2.88 bits per heavy atom. The lowest BCUT2D eigenvalue weighted by Gasteiger charge is -2.33. The van der Waals surface area contributed by atoms with Gasteiger partial charge in [0, 0.05) is 23.6 Å². The first kappa shape index (κ1) is 13.7. The molecule has 2 aliphatic rings. The van der Waals surface area contributed by atoms with Crippen LogP contribution in [0.5, 0.6) is 0 Å². The highest BCUT2D eigenvalue weighted by Crippen LogP contribution is 2.30. The molecular formula is C14H28N2S. The third kappa shape index (κ3) is 4.15. The number of thioether (sulfide) groups is 1. The topological polar surface area (TPSA) is 15.3 Å². The number of rotatable bonds is 5. The SMILES string of the molecule is CCCN(CC1CCCNC1)C1CSC(C)C1. The molecule has 3 unspecified atom stereocenters. The molecule has 0 aromatic rings. The summed E-state index contributed by atoms with van der Waals surface area (Å²) in [5.74, 6) is 2.26. The molecule has 100 valence electrons. The van der Waals surface area contributed by atoms with Crippen molar-refractivity contribution in [2.45, 2.75) is 50.8 Å². The van der Waals surface area contributed by atoms with Crippen molar-refractivity contribution in [1.82, 2.24) is 10.2 Å². The van der Waals surface area contributed by atoms with E-state index in [0.29, 0.717) is 0 Å². The Kier molecular flexibility index (Phi) is 5.64. The molecule has 0 saturated carbocycles. The maximum Gasteiger partial charge on any atom is 0.0197 e. The molecule has 0 aromatic carbocycles. The van der Waals surface area contributed by atoms with Crippen LogP contribution < -0.4 is 5.32 Å². The van der Waals surface area contributed by atoms with Gasteiger partial charge in [0.15, 0.2) is 0 Å². The van der Waals surface area contributed by atoms with Gasteiger partial charge in [-0.3, -0.25) is 4.90 Å². The average molecular weight is 256 g/mol. The third-order valence-electron chi connectivity index (χ3n) is 4.10. The summed E-state index contributed by atoms with van der Waals surface area (Å²) in [5, 5.41) is 4.43. The van der Waals surface area contributed by atoms with Crippen LogP contribution in [0.4, 0.5) is 0 Å². The van der Waals surface area contributed by atoms with Crippen LogP contribution in [0.1, 0.15) is 39.5 Å². The quantitative estimate of drug-likeness (QED) is 0.814. The van der Waals surface area contributed by atoms with Crippen molar-refractivity contribution in [1.29, 1.82) is 0 Å². The number of hydrogen-bond acceptors (Lipinski definition) is 3. The standard InChI is InChI=1S/C14H28N2S/c1-3-7-16(14-8-12(2)17-11-14)10-13-5-4-6-15-9-13/h12-15H,3-11H2,1-2H3. The highest BCUT2D eigenvalue weighted by molar-refractivity contribution is 8.00. The van der Waals surface area contributed by atoms with E-state index in [1.165, 1.54) is 57.6 Å². The van der Waals surface area contributed by atoms with Crippen LogP contribution in [0.15, 0.2) is 0 Å². The fraction of sp³-hybridized carbons (Fsp3) is 1.00.